The van der Waals surface area contributed by atoms with Crippen LogP contribution in [-0.4, -0.2) is 166 Å². The highest BCUT2D eigenvalue weighted by Gasteiger charge is 2.36. The molecule has 1 heterocycles. The number of cyclic esters (lactones) is 1. The van der Waals surface area contributed by atoms with Crippen LogP contribution in [-0.2, 0) is 57.5 Å². The normalized spacial score (nSPS) is 24.9. The Hall–Kier alpha value is -5.99. The molecule has 398 valence electrons. The summed E-state index contributed by atoms with van der Waals surface area (Å²) in [6, 6.07) is -12.3. The van der Waals surface area contributed by atoms with Gasteiger partial charge in [-0.3, -0.25) is 52.7 Å². The van der Waals surface area contributed by atoms with Crippen molar-refractivity contribution >= 4 is 65.1 Å². The van der Waals surface area contributed by atoms with Crippen LogP contribution < -0.4 is 54.0 Å². The second kappa shape index (κ2) is 34.3. The van der Waals surface area contributed by atoms with Crippen molar-refractivity contribution in [1.29, 1.82) is 0 Å². The minimum Gasteiger partial charge on any atom is -0.481 e. The SMILES string of the molecule is CCCCCCCCCCCCCC1CC(=O)NC(C)C(=O)NC(CCCN)C(=O)NC(CC(=O)O)C(=O)NC(CO)C(=O)NC(CO)C(=O)NC(CC(N)=O)C(=O)NC(C(C)O)C(=O)NCC(=O)O1. The van der Waals surface area contributed by atoms with Crippen LogP contribution in [0.15, 0.2) is 0 Å². The Labute approximate surface area is 407 Å². The highest BCUT2D eigenvalue weighted by molar-refractivity contribution is 5.99. The number of hydrogen-bond donors (Lipinski definition) is 14. The number of aliphatic hydroxyl groups excluding tert-OH is 3. The molecule has 0 aromatic rings. The Bertz CT molecular complexity index is 1750. The summed E-state index contributed by atoms with van der Waals surface area (Å²) in [5.41, 5.74) is 10.9. The minimum absolute atomic E-state index is 0.0359. The molecule has 0 saturated carbocycles. The molecule has 9 amide bonds. The number of ether oxygens (including phenoxy) is 1. The third-order valence-electron chi connectivity index (χ3n) is 11.1. The minimum atomic E-state index is -1.96. The number of carbonyl (C=O) groups is 11. The average Bonchev–Trinajstić information content (AvgIpc) is 3.29. The summed E-state index contributed by atoms with van der Waals surface area (Å²) in [4.78, 5) is 144. The maximum Gasteiger partial charge on any atom is 0.325 e. The third-order valence-corrected chi connectivity index (χ3v) is 11.1. The van der Waals surface area contributed by atoms with Crippen LogP contribution in [0.3, 0.4) is 0 Å². The summed E-state index contributed by atoms with van der Waals surface area (Å²) in [5.74, 6) is -12.9. The van der Waals surface area contributed by atoms with E-state index in [4.69, 9.17) is 16.2 Å². The van der Waals surface area contributed by atoms with Crippen LogP contribution >= 0.6 is 0 Å². The Morgan fingerprint density at radius 3 is 1.56 bits per heavy atom. The number of primary amides is 1. The summed E-state index contributed by atoms with van der Waals surface area (Å²) in [6.07, 6.45) is 6.33. The van der Waals surface area contributed by atoms with Crippen molar-refractivity contribution in [2.45, 2.75) is 184 Å². The fraction of sp³-hybridized carbons (Fsp3) is 0.750. The highest BCUT2D eigenvalue weighted by atomic mass is 16.5. The molecule has 0 radical (unpaired) electrons. The maximum absolute atomic E-state index is 13.6. The van der Waals surface area contributed by atoms with Crippen molar-refractivity contribution in [3.8, 4) is 0 Å². The predicted molar refractivity (Wildman–Crippen MR) is 248 cm³/mol. The molecule has 9 unspecified atom stereocenters. The highest BCUT2D eigenvalue weighted by Crippen LogP contribution is 2.15. The van der Waals surface area contributed by atoms with Crippen LogP contribution in [0.1, 0.15) is 130 Å². The van der Waals surface area contributed by atoms with Gasteiger partial charge in [-0.2, -0.15) is 0 Å². The van der Waals surface area contributed by atoms with Crippen molar-refractivity contribution in [3.63, 3.8) is 0 Å². The lowest BCUT2D eigenvalue weighted by molar-refractivity contribution is -0.151. The summed E-state index contributed by atoms with van der Waals surface area (Å²) in [7, 11) is 0. The molecule has 0 bridgehead atoms. The van der Waals surface area contributed by atoms with Crippen LogP contribution in [0, 0.1) is 0 Å². The number of carboxylic acid groups (broad SMARTS) is 1. The van der Waals surface area contributed by atoms with E-state index in [9.17, 15) is 73.2 Å². The summed E-state index contributed by atoms with van der Waals surface area (Å²) in [6.45, 7) is 1.41. The predicted octanol–water partition coefficient (Wildman–Crippen LogP) is -4.01. The zero-order valence-electron chi connectivity index (χ0n) is 40.4. The van der Waals surface area contributed by atoms with Gasteiger partial charge in [-0.15, -0.1) is 0 Å². The van der Waals surface area contributed by atoms with Gasteiger partial charge in [0, 0.05) is 0 Å². The molecule has 1 fully saturated rings. The second-order valence-electron chi connectivity index (χ2n) is 17.2. The van der Waals surface area contributed by atoms with Gasteiger partial charge in [-0.05, 0) is 46.1 Å². The molecular weight excluding hydrogens is 925 g/mol. The summed E-state index contributed by atoms with van der Waals surface area (Å²) >= 11 is 0. The zero-order chi connectivity index (χ0) is 52.8. The second-order valence-corrected chi connectivity index (χ2v) is 17.2. The Morgan fingerprint density at radius 2 is 1.07 bits per heavy atom. The fourth-order valence-electron chi connectivity index (χ4n) is 7.13. The first kappa shape index (κ1) is 62.0. The van der Waals surface area contributed by atoms with E-state index >= 15 is 0 Å². The van der Waals surface area contributed by atoms with Gasteiger partial charge < -0.3 is 79.2 Å². The van der Waals surface area contributed by atoms with E-state index in [1.165, 1.54) is 32.6 Å². The lowest BCUT2D eigenvalue weighted by atomic mass is 10.0. The number of aliphatic hydroxyl groups is 3. The number of nitrogens with one attached hydrogen (secondary N) is 8. The Balaban J connectivity index is 3.56. The van der Waals surface area contributed by atoms with E-state index in [0.29, 0.717) is 6.42 Å². The van der Waals surface area contributed by atoms with E-state index in [1.807, 2.05) is 10.6 Å². The molecule has 26 nitrogen and oxygen atoms in total. The molecule has 0 aromatic heterocycles. The molecule has 1 aliphatic rings. The Morgan fingerprint density at radius 1 is 0.614 bits per heavy atom. The fourth-order valence-corrected chi connectivity index (χ4v) is 7.13. The number of aliphatic carboxylic acids is 1. The third kappa shape index (κ3) is 25.0. The standard InChI is InChI=1S/C44H76N10O16/c1-4-5-6-7-8-9-10-11-12-13-14-16-27-19-34(59)48-25(2)38(63)49-28(17-15-18-45)39(64)51-30(21-35(60)61)40(65)52-32(24-56)43(68)53-31(23-55)42(67)50-29(20-33(46)58)41(66)54-37(26(3)57)44(69)47-22-36(62)70-27/h25-32,37,55-57H,4-24,45H2,1-3H3,(H2,46,58)(H,47,69)(H,48,59)(H,49,63)(H,50,67)(H,51,64)(H,52,65)(H,53,68)(H,54,66)(H,60,61). The van der Waals surface area contributed by atoms with E-state index < -0.39 is 159 Å². The van der Waals surface area contributed by atoms with Gasteiger partial charge in [-0.25, -0.2) is 0 Å². The smallest absolute Gasteiger partial charge is 0.325 e. The monoisotopic (exact) mass is 1000 g/mol. The van der Waals surface area contributed by atoms with Gasteiger partial charge in [0.05, 0.1) is 38.6 Å². The molecule has 0 aliphatic carbocycles. The largest absolute Gasteiger partial charge is 0.481 e. The van der Waals surface area contributed by atoms with Crippen molar-refractivity contribution < 1.29 is 77.9 Å². The molecule has 9 atom stereocenters. The van der Waals surface area contributed by atoms with Gasteiger partial charge in [0.15, 0.2) is 0 Å². The van der Waals surface area contributed by atoms with Crippen molar-refractivity contribution in [2.24, 2.45) is 11.5 Å². The van der Waals surface area contributed by atoms with E-state index in [1.54, 1.807) is 0 Å². The van der Waals surface area contributed by atoms with Gasteiger partial charge in [-0.1, -0.05) is 71.1 Å². The molecular formula is C44H76N10O16. The molecule has 70 heavy (non-hydrogen) atoms. The summed E-state index contributed by atoms with van der Waals surface area (Å²) in [5, 5.41) is 57.6. The molecule has 1 aliphatic heterocycles. The summed E-state index contributed by atoms with van der Waals surface area (Å²) < 4.78 is 5.59. The average molecular weight is 1000 g/mol. The molecule has 1 rings (SSSR count). The molecule has 0 aromatic carbocycles. The van der Waals surface area contributed by atoms with Crippen LogP contribution in [0.4, 0.5) is 0 Å². The number of nitrogens with two attached hydrogens (primary N) is 2. The number of rotatable bonds is 22. The van der Waals surface area contributed by atoms with Gasteiger partial charge in [0.25, 0.3) is 0 Å². The number of amides is 9. The maximum atomic E-state index is 13.6. The molecule has 1 saturated heterocycles. The van der Waals surface area contributed by atoms with Gasteiger partial charge in [0.1, 0.15) is 54.9 Å². The number of unbranched alkanes of at least 4 members (excludes halogenated alkanes) is 10. The van der Waals surface area contributed by atoms with Gasteiger partial charge in [0.2, 0.25) is 53.2 Å². The lowest BCUT2D eigenvalue weighted by Gasteiger charge is -2.27. The number of esters is 1. The van der Waals surface area contributed by atoms with Crippen LogP contribution in [0.2, 0.25) is 0 Å². The lowest BCUT2D eigenvalue weighted by Crippen LogP contribution is -2.62. The van der Waals surface area contributed by atoms with Crippen LogP contribution in [0.5, 0.6) is 0 Å². The van der Waals surface area contributed by atoms with E-state index in [0.717, 1.165) is 45.4 Å². The number of carboxylic acids is 1. The first-order valence-corrected chi connectivity index (χ1v) is 23.9. The first-order chi connectivity index (χ1) is 33.2. The van der Waals surface area contributed by atoms with Crippen LogP contribution in [0.25, 0.3) is 0 Å². The zero-order valence-corrected chi connectivity index (χ0v) is 40.4. The molecule has 0 spiro atoms. The molecule has 16 N–H and O–H groups in total. The number of hydrogen-bond acceptors (Lipinski definition) is 16. The van der Waals surface area contributed by atoms with Crippen molar-refractivity contribution in [2.75, 3.05) is 26.3 Å². The van der Waals surface area contributed by atoms with Gasteiger partial charge >= 0.3 is 11.9 Å². The topological polar surface area (TPSA) is 426 Å². The van der Waals surface area contributed by atoms with E-state index in [2.05, 4.69) is 38.8 Å². The first-order valence-electron chi connectivity index (χ1n) is 23.9. The molecule has 26 heteroatoms. The van der Waals surface area contributed by atoms with Crippen molar-refractivity contribution in [1.82, 2.24) is 42.5 Å². The van der Waals surface area contributed by atoms with Crippen molar-refractivity contribution in [3.05, 3.63) is 0 Å². The Kier molecular flexibility index (Phi) is 30.4. The van der Waals surface area contributed by atoms with E-state index in [-0.39, 0.29) is 25.8 Å². The quantitative estimate of drug-likeness (QED) is 0.0363. The number of carbonyl (C=O) groups excluding carboxylic acids is 10.